The third-order valence-electron chi connectivity index (χ3n) is 5.29. The van der Waals surface area contributed by atoms with Crippen LogP contribution in [0.4, 0.5) is 0 Å². The van der Waals surface area contributed by atoms with E-state index in [1.807, 2.05) is 43.3 Å². The van der Waals surface area contributed by atoms with Crippen LogP contribution in [0.3, 0.4) is 0 Å². The Morgan fingerprint density at radius 3 is 2.84 bits per heavy atom. The summed E-state index contributed by atoms with van der Waals surface area (Å²) in [4.78, 5) is 25.8. The number of hydrogen-bond acceptors (Lipinski definition) is 5. The summed E-state index contributed by atoms with van der Waals surface area (Å²) in [5, 5.41) is 12.5. The average molecular weight is 443 g/mol. The van der Waals surface area contributed by atoms with Crippen molar-refractivity contribution in [3.05, 3.63) is 94.2 Å². The van der Waals surface area contributed by atoms with Gasteiger partial charge in [0.05, 0.1) is 10.5 Å². The molecule has 5 aromatic rings. The van der Waals surface area contributed by atoms with E-state index in [9.17, 15) is 4.79 Å². The second-order valence-electron chi connectivity index (χ2n) is 7.64. The van der Waals surface area contributed by atoms with Crippen LogP contribution >= 0.6 is 11.6 Å². The highest BCUT2D eigenvalue weighted by Crippen LogP contribution is 2.20. The first-order valence-corrected chi connectivity index (χ1v) is 10.5. The maximum Gasteiger partial charge on any atom is 0.251 e. The van der Waals surface area contributed by atoms with Crippen LogP contribution in [0.25, 0.3) is 21.9 Å². The summed E-state index contributed by atoms with van der Waals surface area (Å²) >= 11 is 6.06. The monoisotopic (exact) mass is 442 g/mol. The Kier molecular flexibility index (Phi) is 5.25. The van der Waals surface area contributed by atoms with E-state index >= 15 is 0 Å². The zero-order valence-corrected chi connectivity index (χ0v) is 18.0. The predicted octanol–water partition coefficient (Wildman–Crippen LogP) is 4.38. The summed E-state index contributed by atoms with van der Waals surface area (Å²) in [7, 11) is 0. The van der Waals surface area contributed by atoms with Gasteiger partial charge in [0.2, 0.25) is 0 Å². The van der Waals surface area contributed by atoms with Gasteiger partial charge in [-0.05, 0) is 54.4 Å². The number of rotatable bonds is 5. The molecule has 0 saturated heterocycles. The standard InChI is InChI=1S/C24H19ClN6O/c1-14-21-8-16(11-28-23(21)31-30-14)12-29-24(32)17-4-5-26-20(10-17)7-15-2-3-22-18(6-15)9-19(25)13-27-22/h2-6,8-11,13H,7,12H2,1H3,(H,29,32)(H,28,30,31). The summed E-state index contributed by atoms with van der Waals surface area (Å²) < 4.78 is 0. The van der Waals surface area contributed by atoms with Gasteiger partial charge in [-0.15, -0.1) is 0 Å². The molecule has 0 spiro atoms. The molecule has 0 aliphatic rings. The number of nitrogens with zero attached hydrogens (tertiary/aromatic N) is 4. The molecule has 7 nitrogen and oxygen atoms in total. The van der Waals surface area contributed by atoms with Crippen molar-refractivity contribution < 1.29 is 4.79 Å². The van der Waals surface area contributed by atoms with Gasteiger partial charge in [-0.3, -0.25) is 19.9 Å². The molecule has 0 fully saturated rings. The van der Waals surface area contributed by atoms with Crippen molar-refractivity contribution in [2.24, 2.45) is 0 Å². The van der Waals surface area contributed by atoms with E-state index in [2.05, 4.69) is 30.5 Å². The van der Waals surface area contributed by atoms with E-state index in [4.69, 9.17) is 11.6 Å². The Hall–Kier alpha value is -3.84. The molecular weight excluding hydrogens is 424 g/mol. The van der Waals surface area contributed by atoms with Gasteiger partial charge in [-0.25, -0.2) is 4.98 Å². The van der Waals surface area contributed by atoms with Crippen molar-refractivity contribution >= 4 is 39.4 Å². The Morgan fingerprint density at radius 1 is 1.03 bits per heavy atom. The third-order valence-corrected chi connectivity index (χ3v) is 5.49. The van der Waals surface area contributed by atoms with Gasteiger partial charge in [0.15, 0.2) is 5.65 Å². The molecule has 1 aromatic carbocycles. The molecule has 0 radical (unpaired) electrons. The number of aromatic amines is 1. The molecule has 0 aliphatic carbocycles. The maximum atomic E-state index is 12.7. The molecule has 0 atom stereocenters. The third kappa shape index (κ3) is 4.15. The second kappa shape index (κ2) is 8.36. The molecule has 4 aromatic heterocycles. The maximum absolute atomic E-state index is 12.7. The zero-order chi connectivity index (χ0) is 22.1. The highest BCUT2D eigenvalue weighted by atomic mass is 35.5. The Labute approximate surface area is 188 Å². The zero-order valence-electron chi connectivity index (χ0n) is 17.3. The minimum absolute atomic E-state index is 0.160. The Morgan fingerprint density at radius 2 is 1.94 bits per heavy atom. The minimum atomic E-state index is -0.160. The van der Waals surface area contributed by atoms with Crippen LogP contribution in [-0.4, -0.2) is 31.1 Å². The number of halogens is 1. The number of benzene rings is 1. The summed E-state index contributed by atoms with van der Waals surface area (Å²) in [6, 6.07) is 13.4. The molecule has 4 heterocycles. The van der Waals surface area contributed by atoms with E-state index < -0.39 is 0 Å². The Bertz CT molecular complexity index is 1460. The first-order valence-electron chi connectivity index (χ1n) is 10.1. The van der Waals surface area contributed by atoms with Crippen LogP contribution in [-0.2, 0) is 13.0 Å². The van der Waals surface area contributed by atoms with Crippen LogP contribution in [0.15, 0.2) is 61.1 Å². The van der Waals surface area contributed by atoms with Crippen molar-refractivity contribution in [2.45, 2.75) is 19.9 Å². The van der Waals surface area contributed by atoms with Crippen molar-refractivity contribution in [1.82, 2.24) is 30.5 Å². The van der Waals surface area contributed by atoms with Crippen LogP contribution in [0, 0.1) is 6.92 Å². The molecular formula is C24H19ClN6O. The van der Waals surface area contributed by atoms with E-state index in [-0.39, 0.29) is 5.91 Å². The number of H-pyrrole nitrogens is 1. The summed E-state index contributed by atoms with van der Waals surface area (Å²) in [5.74, 6) is -0.160. The van der Waals surface area contributed by atoms with Crippen LogP contribution in [0.5, 0.6) is 0 Å². The van der Waals surface area contributed by atoms with Gasteiger partial charge in [0, 0.05) is 59.3 Å². The number of aryl methyl sites for hydroxylation is 1. The predicted molar refractivity (Wildman–Crippen MR) is 124 cm³/mol. The molecule has 0 unspecified atom stereocenters. The molecule has 158 valence electrons. The molecule has 0 bridgehead atoms. The molecule has 5 rings (SSSR count). The highest BCUT2D eigenvalue weighted by Gasteiger charge is 2.10. The number of pyridine rings is 3. The van der Waals surface area contributed by atoms with Gasteiger partial charge < -0.3 is 5.32 Å². The van der Waals surface area contributed by atoms with E-state index in [1.165, 1.54) is 0 Å². The quantitative estimate of drug-likeness (QED) is 0.421. The molecule has 2 N–H and O–H groups in total. The lowest BCUT2D eigenvalue weighted by Gasteiger charge is -2.08. The fraction of sp³-hybridized carbons (Fsp3) is 0.125. The first-order chi connectivity index (χ1) is 15.5. The topological polar surface area (TPSA) is 96.5 Å². The minimum Gasteiger partial charge on any atom is -0.348 e. The van der Waals surface area contributed by atoms with Gasteiger partial charge in [-0.2, -0.15) is 5.10 Å². The lowest BCUT2D eigenvalue weighted by molar-refractivity contribution is 0.0950. The molecule has 0 saturated carbocycles. The summed E-state index contributed by atoms with van der Waals surface area (Å²) in [5.41, 5.74) is 5.86. The molecule has 32 heavy (non-hydrogen) atoms. The highest BCUT2D eigenvalue weighted by molar-refractivity contribution is 6.31. The second-order valence-corrected chi connectivity index (χ2v) is 8.08. The number of fused-ring (bicyclic) bond motifs is 2. The van der Waals surface area contributed by atoms with Crippen LogP contribution < -0.4 is 5.32 Å². The SMILES string of the molecule is Cc1[nH]nc2ncc(CNC(=O)c3ccnc(Cc4ccc5ncc(Cl)cc5c4)c3)cc12. The average Bonchev–Trinajstić information content (AvgIpc) is 3.17. The van der Waals surface area contributed by atoms with E-state index in [0.29, 0.717) is 29.2 Å². The molecule has 8 heteroatoms. The fourth-order valence-corrected chi connectivity index (χ4v) is 3.80. The van der Waals surface area contributed by atoms with Gasteiger partial charge >= 0.3 is 0 Å². The lowest BCUT2D eigenvalue weighted by atomic mass is 10.0. The van der Waals surface area contributed by atoms with Crippen molar-refractivity contribution in [3.63, 3.8) is 0 Å². The van der Waals surface area contributed by atoms with Crippen LogP contribution in [0.1, 0.15) is 32.9 Å². The summed E-state index contributed by atoms with van der Waals surface area (Å²) in [6.45, 7) is 2.32. The fourth-order valence-electron chi connectivity index (χ4n) is 3.63. The largest absolute Gasteiger partial charge is 0.348 e. The number of amides is 1. The Balaban J connectivity index is 1.29. The number of carbonyl (C=O) groups is 1. The number of nitrogens with one attached hydrogen (secondary N) is 2. The number of aromatic nitrogens is 5. The number of carbonyl (C=O) groups excluding carboxylic acids is 1. The number of hydrogen-bond donors (Lipinski definition) is 2. The van der Waals surface area contributed by atoms with Crippen LogP contribution in [0.2, 0.25) is 5.02 Å². The van der Waals surface area contributed by atoms with Crippen molar-refractivity contribution in [2.75, 3.05) is 0 Å². The normalized spacial score (nSPS) is 11.2. The first kappa shape index (κ1) is 20.1. The van der Waals surface area contributed by atoms with Crippen molar-refractivity contribution in [1.29, 1.82) is 0 Å². The molecule has 1 amide bonds. The van der Waals surface area contributed by atoms with E-state index in [1.54, 1.807) is 24.7 Å². The molecule has 0 aliphatic heterocycles. The van der Waals surface area contributed by atoms with Gasteiger partial charge in [0.25, 0.3) is 5.91 Å². The van der Waals surface area contributed by atoms with Gasteiger partial charge in [-0.1, -0.05) is 17.7 Å². The van der Waals surface area contributed by atoms with Crippen molar-refractivity contribution in [3.8, 4) is 0 Å². The van der Waals surface area contributed by atoms with E-state index in [0.717, 1.165) is 38.8 Å². The summed E-state index contributed by atoms with van der Waals surface area (Å²) in [6.07, 6.45) is 5.62. The van der Waals surface area contributed by atoms with Gasteiger partial charge in [0.1, 0.15) is 0 Å². The smallest absolute Gasteiger partial charge is 0.251 e. The lowest BCUT2D eigenvalue weighted by Crippen LogP contribution is -2.23.